The molecule has 0 aliphatic heterocycles. The fourth-order valence-corrected chi connectivity index (χ4v) is 6.43. The molecule has 0 aliphatic carbocycles. The van der Waals surface area contributed by atoms with Crippen molar-refractivity contribution in [3.63, 3.8) is 0 Å². The fourth-order valence-electron chi connectivity index (χ4n) is 4.33. The molecule has 0 saturated carbocycles. The van der Waals surface area contributed by atoms with Gasteiger partial charge in [-0.15, -0.1) is 0 Å². The number of benzene rings is 1. The third-order valence-corrected chi connectivity index (χ3v) is 9.16. The summed E-state index contributed by atoms with van der Waals surface area (Å²) in [5.74, 6) is 0.607. The first-order valence-corrected chi connectivity index (χ1v) is 15.2. The van der Waals surface area contributed by atoms with Crippen LogP contribution in [0.15, 0.2) is 55.0 Å². The molecule has 2 N–H and O–H groups in total. The second kappa shape index (κ2) is 12.3. The topological polar surface area (TPSA) is 131 Å². The molecule has 0 amide bonds. The van der Waals surface area contributed by atoms with Crippen LogP contribution in [-0.4, -0.2) is 68.8 Å². The zero-order valence-corrected chi connectivity index (χ0v) is 24.5. The molecule has 0 atom stereocenters. The lowest BCUT2D eigenvalue weighted by molar-refractivity contribution is 0.508. The third-order valence-electron chi connectivity index (χ3n) is 6.36. The predicted octanol–water partition coefficient (Wildman–Crippen LogP) is 3.43. The van der Waals surface area contributed by atoms with Gasteiger partial charge in [-0.3, -0.25) is 4.98 Å². The van der Waals surface area contributed by atoms with Gasteiger partial charge in [0.05, 0.1) is 28.6 Å². The Morgan fingerprint density at radius 1 is 1.00 bits per heavy atom. The minimum absolute atomic E-state index is 0.179. The molecule has 0 radical (unpaired) electrons. The monoisotopic (exact) mass is 595 g/mol. The number of nitrogens with one attached hydrogen (secondary N) is 2. The molecule has 0 unspecified atom stereocenters. The fraction of sp³-hybridized carbons (Fsp3) is 0.296. The number of imidazole rings is 1. The van der Waals surface area contributed by atoms with Gasteiger partial charge in [0.1, 0.15) is 28.3 Å². The SMILES string of the molecule is Cc1nc(CCNCCc2nc3c(NCc4ncccc4F)ncnc3s2)n(S(=O)(=O)N(C)C)c1-c1ccccc1. The standard InChI is InChI=1S/C27H30FN9O2S2/c1-18-25(19-8-5-4-6-9-19)37(41(38,39)36(2)3)22(34-18)11-14-29-15-12-23-35-24-26(32-17-33-27(24)40-23)31-16-21-20(28)10-7-13-30-21/h4-10,13,17,29H,11-12,14-16H2,1-3H3,(H,31,32,33). The van der Waals surface area contributed by atoms with E-state index < -0.39 is 10.2 Å². The van der Waals surface area contributed by atoms with Gasteiger partial charge in [-0.2, -0.15) is 12.7 Å². The summed E-state index contributed by atoms with van der Waals surface area (Å²) in [6, 6.07) is 12.3. The van der Waals surface area contributed by atoms with E-state index in [0.29, 0.717) is 60.2 Å². The molecule has 214 valence electrons. The van der Waals surface area contributed by atoms with Crippen LogP contribution in [0, 0.1) is 12.7 Å². The van der Waals surface area contributed by atoms with Gasteiger partial charge >= 0.3 is 10.2 Å². The minimum Gasteiger partial charge on any atom is -0.362 e. The van der Waals surface area contributed by atoms with Crippen molar-refractivity contribution in [2.75, 3.05) is 32.5 Å². The number of halogens is 1. The Balaban J connectivity index is 1.23. The van der Waals surface area contributed by atoms with Crippen molar-refractivity contribution in [3.05, 3.63) is 83.0 Å². The van der Waals surface area contributed by atoms with E-state index in [9.17, 15) is 12.8 Å². The molecule has 5 rings (SSSR count). The third kappa shape index (κ3) is 6.25. The maximum Gasteiger partial charge on any atom is 0.309 e. The highest BCUT2D eigenvalue weighted by Crippen LogP contribution is 2.28. The van der Waals surface area contributed by atoms with E-state index in [0.717, 1.165) is 15.4 Å². The first kappa shape index (κ1) is 28.7. The first-order chi connectivity index (χ1) is 19.8. The van der Waals surface area contributed by atoms with Crippen LogP contribution in [0.4, 0.5) is 10.2 Å². The summed E-state index contributed by atoms with van der Waals surface area (Å²) in [5.41, 5.74) is 2.94. The Kier molecular flexibility index (Phi) is 8.63. The highest BCUT2D eigenvalue weighted by molar-refractivity contribution is 7.87. The van der Waals surface area contributed by atoms with Crippen LogP contribution in [0.1, 0.15) is 22.2 Å². The highest BCUT2D eigenvalue weighted by Gasteiger charge is 2.27. The maximum atomic E-state index is 13.9. The Morgan fingerprint density at radius 3 is 2.54 bits per heavy atom. The average molecular weight is 596 g/mol. The Hall–Kier alpha value is -3.85. The Labute approximate surface area is 241 Å². The lowest BCUT2D eigenvalue weighted by Crippen LogP contribution is -2.31. The van der Waals surface area contributed by atoms with Crippen LogP contribution >= 0.6 is 11.3 Å². The van der Waals surface area contributed by atoms with E-state index in [-0.39, 0.29) is 12.4 Å². The molecule has 4 heterocycles. The van der Waals surface area contributed by atoms with Crippen molar-refractivity contribution in [2.24, 2.45) is 0 Å². The van der Waals surface area contributed by atoms with Crippen molar-refractivity contribution in [2.45, 2.75) is 26.3 Å². The molecule has 11 nitrogen and oxygen atoms in total. The largest absolute Gasteiger partial charge is 0.362 e. The zero-order chi connectivity index (χ0) is 29.0. The van der Waals surface area contributed by atoms with Gasteiger partial charge < -0.3 is 10.6 Å². The summed E-state index contributed by atoms with van der Waals surface area (Å²) in [7, 11) is -0.756. The second-order valence-electron chi connectivity index (χ2n) is 9.40. The number of nitrogens with zero attached hydrogens (tertiary/aromatic N) is 7. The average Bonchev–Trinajstić information content (AvgIpc) is 3.53. The first-order valence-electron chi connectivity index (χ1n) is 13.0. The highest BCUT2D eigenvalue weighted by atomic mass is 32.2. The summed E-state index contributed by atoms with van der Waals surface area (Å²) >= 11 is 1.47. The molecule has 14 heteroatoms. The van der Waals surface area contributed by atoms with Gasteiger partial charge in [-0.25, -0.2) is 28.3 Å². The number of hydrogen-bond acceptors (Lipinski definition) is 10. The molecular formula is C27H30FN9O2S2. The number of rotatable bonds is 12. The van der Waals surface area contributed by atoms with Crippen molar-refractivity contribution in [1.82, 2.24) is 38.5 Å². The van der Waals surface area contributed by atoms with Crippen LogP contribution in [-0.2, 0) is 29.6 Å². The van der Waals surface area contributed by atoms with E-state index in [2.05, 4.69) is 30.6 Å². The second-order valence-corrected chi connectivity index (χ2v) is 12.5. The summed E-state index contributed by atoms with van der Waals surface area (Å²) in [6.45, 7) is 3.16. The van der Waals surface area contributed by atoms with Crippen LogP contribution in [0.3, 0.4) is 0 Å². The predicted molar refractivity (Wildman–Crippen MR) is 157 cm³/mol. The maximum absolute atomic E-state index is 13.9. The number of hydrogen-bond donors (Lipinski definition) is 2. The van der Waals surface area contributed by atoms with Crippen molar-refractivity contribution >= 4 is 37.7 Å². The van der Waals surface area contributed by atoms with Crippen LogP contribution in [0.5, 0.6) is 0 Å². The van der Waals surface area contributed by atoms with Crippen LogP contribution < -0.4 is 10.6 Å². The normalized spacial score (nSPS) is 11.9. The summed E-state index contributed by atoms with van der Waals surface area (Å²) in [6.07, 6.45) is 4.06. The Morgan fingerprint density at radius 2 is 1.78 bits per heavy atom. The molecule has 0 fully saturated rings. The van der Waals surface area contributed by atoms with Gasteiger partial charge in [0, 0.05) is 51.8 Å². The number of anilines is 1. The van der Waals surface area contributed by atoms with Crippen LogP contribution in [0.2, 0.25) is 0 Å². The Bertz CT molecular complexity index is 1760. The molecule has 5 aromatic rings. The van der Waals surface area contributed by atoms with E-state index in [1.165, 1.54) is 46.1 Å². The van der Waals surface area contributed by atoms with E-state index in [1.54, 1.807) is 12.3 Å². The summed E-state index contributed by atoms with van der Waals surface area (Å²) in [4.78, 5) is 22.7. The number of aromatic nitrogens is 6. The van der Waals surface area contributed by atoms with Gasteiger partial charge in [0.15, 0.2) is 5.82 Å². The van der Waals surface area contributed by atoms with E-state index in [1.807, 2.05) is 37.3 Å². The van der Waals surface area contributed by atoms with Gasteiger partial charge in [0.2, 0.25) is 0 Å². The number of fused-ring (bicyclic) bond motifs is 1. The molecule has 41 heavy (non-hydrogen) atoms. The van der Waals surface area contributed by atoms with Crippen molar-refractivity contribution < 1.29 is 12.8 Å². The molecule has 1 aromatic carbocycles. The quantitative estimate of drug-likeness (QED) is 0.208. The van der Waals surface area contributed by atoms with Gasteiger partial charge in [-0.05, 0) is 19.1 Å². The zero-order valence-electron chi connectivity index (χ0n) is 22.9. The molecule has 4 aromatic heterocycles. The van der Waals surface area contributed by atoms with Crippen LogP contribution in [0.25, 0.3) is 21.6 Å². The lowest BCUT2D eigenvalue weighted by Gasteiger charge is -2.17. The lowest BCUT2D eigenvalue weighted by atomic mass is 10.1. The van der Waals surface area contributed by atoms with E-state index >= 15 is 0 Å². The van der Waals surface area contributed by atoms with Crippen molar-refractivity contribution in [1.29, 1.82) is 0 Å². The minimum atomic E-state index is -3.79. The smallest absolute Gasteiger partial charge is 0.309 e. The summed E-state index contributed by atoms with van der Waals surface area (Å²) in [5, 5.41) is 7.36. The number of thiazole rings is 1. The van der Waals surface area contributed by atoms with Gasteiger partial charge in [0.25, 0.3) is 0 Å². The number of pyridine rings is 1. The molecule has 0 aliphatic rings. The molecular weight excluding hydrogens is 565 g/mol. The van der Waals surface area contributed by atoms with Gasteiger partial charge in [-0.1, -0.05) is 41.7 Å². The molecule has 0 bridgehead atoms. The molecule has 0 spiro atoms. The molecule has 0 saturated heterocycles. The van der Waals surface area contributed by atoms with E-state index in [4.69, 9.17) is 4.98 Å². The summed E-state index contributed by atoms with van der Waals surface area (Å²) < 4.78 is 43.0. The van der Waals surface area contributed by atoms with Crippen molar-refractivity contribution in [3.8, 4) is 11.3 Å². The number of aryl methyl sites for hydroxylation is 1.